The van der Waals surface area contributed by atoms with Gasteiger partial charge in [-0.25, -0.2) is 19.6 Å². The summed E-state index contributed by atoms with van der Waals surface area (Å²) < 4.78 is 7.57. The third kappa shape index (κ3) is 6.42. The van der Waals surface area contributed by atoms with E-state index in [2.05, 4.69) is 69.3 Å². The maximum absolute atomic E-state index is 12.5. The van der Waals surface area contributed by atoms with Crippen molar-refractivity contribution in [2.24, 2.45) is 0 Å². The van der Waals surface area contributed by atoms with Crippen LogP contribution in [0, 0.1) is 13.7 Å². The Morgan fingerprint density at radius 2 is 1.31 bits per heavy atom. The molecule has 256 valence electrons. The van der Waals surface area contributed by atoms with Gasteiger partial charge in [0.2, 0.25) is 0 Å². The van der Waals surface area contributed by atoms with Crippen molar-refractivity contribution < 1.29 is 14.6 Å². The molecule has 0 saturated heterocycles. The Morgan fingerprint density at radius 1 is 0.769 bits per heavy atom. The minimum absolute atomic E-state index is 0.0779. The molecule has 11 heteroatoms. The summed E-state index contributed by atoms with van der Waals surface area (Å²) in [4.78, 5) is 24.8. The second-order valence-corrected chi connectivity index (χ2v) is 13.2. The van der Waals surface area contributed by atoms with Gasteiger partial charge in [0, 0.05) is 9.13 Å². The van der Waals surface area contributed by atoms with E-state index in [4.69, 9.17) is 9.95 Å². The predicted octanol–water partition coefficient (Wildman–Crippen LogP) is 8.44. The molecule has 7 rings (SSSR count). The third-order valence-corrected chi connectivity index (χ3v) is 9.64. The van der Waals surface area contributed by atoms with Gasteiger partial charge >= 0.3 is 5.97 Å². The molecule has 10 nitrogen and oxygen atoms in total. The number of methoxy groups -OCH3 is 1. The highest BCUT2D eigenvalue weighted by Gasteiger charge is 2.42. The Labute approximate surface area is 313 Å². The number of ether oxygens (including phenoxy) is 1. The molecule has 1 aromatic heterocycles. The molecule has 0 aliphatic heterocycles. The Kier molecular flexibility index (Phi) is 9.85. The number of rotatable bonds is 11. The van der Waals surface area contributed by atoms with Crippen molar-refractivity contribution in [3.8, 4) is 22.5 Å². The summed E-state index contributed by atoms with van der Waals surface area (Å²) >= 11 is 2.06. The number of anilines is 1. The van der Waals surface area contributed by atoms with Crippen molar-refractivity contribution in [3.05, 3.63) is 199 Å². The van der Waals surface area contributed by atoms with Crippen LogP contribution in [0.1, 0.15) is 32.6 Å². The standard InChI is InChI=1S/C41H31IN6O4/c1-52-40(49)37-27-34(42)25-26-38(37)46(48(50)51)28-29-21-23-30(24-22-29)35-19-11-12-20-36(35)39-43-44-45-47(39)41(31-13-5-2-6-14-31,32-15-7-3-8-16-32)33-17-9-4-10-18-33/h2-27H,28H2,1H3. The lowest BCUT2D eigenvalue weighted by atomic mass is 9.77. The van der Waals surface area contributed by atoms with E-state index in [9.17, 15) is 14.9 Å². The van der Waals surface area contributed by atoms with Crippen LogP contribution in [0.2, 0.25) is 0 Å². The Bertz CT molecular complexity index is 2240. The van der Waals surface area contributed by atoms with E-state index >= 15 is 0 Å². The van der Waals surface area contributed by atoms with Crippen LogP contribution in [0.25, 0.3) is 22.5 Å². The summed E-state index contributed by atoms with van der Waals surface area (Å²) in [5.74, 6) is -0.0877. The van der Waals surface area contributed by atoms with Crippen LogP contribution in [0.5, 0.6) is 0 Å². The Hall–Kier alpha value is -6.21. The van der Waals surface area contributed by atoms with Gasteiger partial charge in [-0.3, -0.25) is 0 Å². The molecule has 0 bridgehead atoms. The van der Waals surface area contributed by atoms with Gasteiger partial charge in [0.05, 0.1) is 12.7 Å². The Morgan fingerprint density at radius 3 is 1.85 bits per heavy atom. The molecule has 0 aliphatic carbocycles. The number of carbonyl (C=O) groups is 1. The van der Waals surface area contributed by atoms with E-state index in [0.717, 1.165) is 42.0 Å². The first-order chi connectivity index (χ1) is 25.4. The van der Waals surface area contributed by atoms with Crippen molar-refractivity contribution in [2.75, 3.05) is 12.1 Å². The average Bonchev–Trinajstić information content (AvgIpc) is 3.68. The number of nitrogens with zero attached hydrogens (tertiary/aromatic N) is 6. The zero-order valence-electron chi connectivity index (χ0n) is 27.9. The van der Waals surface area contributed by atoms with Crippen LogP contribution >= 0.6 is 22.6 Å². The van der Waals surface area contributed by atoms with Crippen LogP contribution in [0.15, 0.2) is 158 Å². The molecule has 6 aromatic carbocycles. The minimum Gasteiger partial charge on any atom is -0.465 e. The van der Waals surface area contributed by atoms with Crippen LogP contribution in [-0.4, -0.2) is 38.3 Å². The van der Waals surface area contributed by atoms with Gasteiger partial charge in [-0.15, -0.1) is 5.10 Å². The second-order valence-electron chi connectivity index (χ2n) is 11.9. The number of nitro groups is 1. The normalized spacial score (nSPS) is 11.2. The first-order valence-corrected chi connectivity index (χ1v) is 17.4. The summed E-state index contributed by atoms with van der Waals surface area (Å²) in [5, 5.41) is 26.3. The van der Waals surface area contributed by atoms with Gasteiger partial charge in [-0.2, -0.15) is 0 Å². The molecule has 0 fully saturated rings. The first-order valence-electron chi connectivity index (χ1n) is 16.4. The fourth-order valence-electron chi connectivity index (χ4n) is 6.62. The number of hydrazine groups is 1. The van der Waals surface area contributed by atoms with Crippen LogP contribution in [-0.2, 0) is 16.8 Å². The van der Waals surface area contributed by atoms with Gasteiger partial charge in [0.15, 0.2) is 10.9 Å². The summed E-state index contributed by atoms with van der Waals surface area (Å²) in [6.45, 7) is -0.0779. The lowest BCUT2D eigenvalue weighted by Crippen LogP contribution is -2.39. The van der Waals surface area contributed by atoms with E-state index < -0.39 is 16.5 Å². The topological polar surface area (TPSA) is 116 Å². The molecule has 0 unspecified atom stereocenters. The van der Waals surface area contributed by atoms with Gasteiger partial charge < -0.3 is 4.74 Å². The van der Waals surface area contributed by atoms with Gasteiger partial charge in [-0.1, -0.05) is 145 Å². The van der Waals surface area contributed by atoms with Crippen LogP contribution < -0.4 is 5.01 Å². The fourth-order valence-corrected chi connectivity index (χ4v) is 7.11. The molecule has 0 amide bonds. The van der Waals surface area contributed by atoms with Crippen molar-refractivity contribution in [1.29, 1.82) is 0 Å². The molecule has 0 N–H and O–H groups in total. The quantitative estimate of drug-likeness (QED) is 0.0421. The van der Waals surface area contributed by atoms with Crippen LogP contribution in [0.3, 0.4) is 0 Å². The van der Waals surface area contributed by atoms with E-state index in [1.807, 2.05) is 108 Å². The average molecular weight is 799 g/mol. The number of aromatic nitrogens is 4. The molecule has 0 atom stereocenters. The molecule has 7 aromatic rings. The number of tetrazole rings is 1. The fraction of sp³-hybridized carbons (Fsp3) is 0.0732. The highest BCUT2D eigenvalue weighted by Crippen LogP contribution is 2.43. The number of carbonyl (C=O) groups excluding carboxylic acids is 1. The highest BCUT2D eigenvalue weighted by molar-refractivity contribution is 14.1. The smallest absolute Gasteiger partial charge is 0.340 e. The third-order valence-electron chi connectivity index (χ3n) is 8.97. The second kappa shape index (κ2) is 15.0. The van der Waals surface area contributed by atoms with Crippen molar-refractivity contribution >= 4 is 34.2 Å². The number of esters is 1. The van der Waals surface area contributed by atoms with E-state index in [0.29, 0.717) is 11.4 Å². The number of benzene rings is 6. The minimum atomic E-state index is -0.926. The first kappa shape index (κ1) is 34.2. The van der Waals surface area contributed by atoms with Gasteiger partial charge in [-0.05, 0) is 84.6 Å². The van der Waals surface area contributed by atoms with Crippen molar-refractivity contribution in [1.82, 2.24) is 20.2 Å². The number of hydrogen-bond acceptors (Lipinski definition) is 7. The van der Waals surface area contributed by atoms with E-state index in [1.54, 1.807) is 18.2 Å². The lowest BCUT2D eigenvalue weighted by molar-refractivity contribution is -0.496. The maximum Gasteiger partial charge on any atom is 0.340 e. The zero-order valence-corrected chi connectivity index (χ0v) is 30.1. The molecular weight excluding hydrogens is 767 g/mol. The summed E-state index contributed by atoms with van der Waals surface area (Å²) in [6, 6.07) is 51.0. The molecule has 0 saturated carbocycles. The highest BCUT2D eigenvalue weighted by atomic mass is 127. The molecule has 0 radical (unpaired) electrons. The molecular formula is C41H31IN6O4. The SMILES string of the molecule is COC(=O)c1cc(I)ccc1N(Cc1ccc(-c2ccccc2-c2nnnn2C(c2ccccc2)(c2ccccc2)c2ccccc2)cc1)[N+](=O)[O-]. The van der Waals surface area contributed by atoms with Crippen molar-refractivity contribution in [3.63, 3.8) is 0 Å². The molecule has 1 heterocycles. The Balaban J connectivity index is 1.32. The zero-order chi connectivity index (χ0) is 36.1. The van der Waals surface area contributed by atoms with E-state index in [1.165, 1.54) is 7.11 Å². The molecule has 52 heavy (non-hydrogen) atoms. The molecule has 0 aliphatic rings. The summed E-state index contributed by atoms with van der Waals surface area (Å²) in [5.41, 5.74) is 5.54. The largest absolute Gasteiger partial charge is 0.465 e. The summed E-state index contributed by atoms with van der Waals surface area (Å²) in [6.07, 6.45) is 0. The van der Waals surface area contributed by atoms with E-state index in [-0.39, 0.29) is 17.8 Å². The molecule has 0 spiro atoms. The predicted molar refractivity (Wildman–Crippen MR) is 207 cm³/mol. The van der Waals surface area contributed by atoms with Gasteiger partial charge in [0.25, 0.3) is 0 Å². The van der Waals surface area contributed by atoms with Crippen LogP contribution in [0.4, 0.5) is 5.69 Å². The number of halogens is 1. The maximum atomic E-state index is 12.5. The van der Waals surface area contributed by atoms with Gasteiger partial charge in [0.1, 0.15) is 17.8 Å². The van der Waals surface area contributed by atoms with Crippen molar-refractivity contribution in [2.45, 2.75) is 12.1 Å². The lowest BCUT2D eigenvalue weighted by Gasteiger charge is -2.36. The monoisotopic (exact) mass is 798 g/mol. The number of hydrogen-bond donors (Lipinski definition) is 0. The summed E-state index contributed by atoms with van der Waals surface area (Å²) in [7, 11) is 1.25.